The quantitative estimate of drug-likeness (QED) is 0.335. The predicted octanol–water partition coefficient (Wildman–Crippen LogP) is -4.95. The smallest absolute Gasteiger partial charge is 0.748 e. The molecule has 60 valence electrons. The monoisotopic (exact) mass is 188 g/mol. The van der Waals surface area contributed by atoms with Crippen LogP contribution in [-0.2, 0) is 10.1 Å². The van der Waals surface area contributed by atoms with Gasteiger partial charge >= 0.3 is 29.6 Å². The molecule has 1 aliphatic rings. The van der Waals surface area contributed by atoms with Crippen LogP contribution in [0.25, 0.3) is 0 Å². The Bertz CT molecular complexity index is 199. The molecule has 0 spiro atoms. The standard InChI is InChI=1S/C4H10N2O3S.Na/c7-10(8,9)3-4-5-1-2-6-4;/h4-6H,1-3H2,(H,7,8,9);/q;+1/p-1. The summed E-state index contributed by atoms with van der Waals surface area (Å²) in [6, 6.07) is 0. The molecule has 0 aromatic rings. The molecule has 0 aromatic heterocycles. The summed E-state index contributed by atoms with van der Waals surface area (Å²) in [5.74, 6) is -0.368. The predicted molar refractivity (Wildman–Crippen MR) is 34.4 cm³/mol. The van der Waals surface area contributed by atoms with Gasteiger partial charge in [0.25, 0.3) is 0 Å². The van der Waals surface area contributed by atoms with Gasteiger partial charge in [-0.1, -0.05) is 0 Å². The second kappa shape index (κ2) is 4.76. The van der Waals surface area contributed by atoms with Gasteiger partial charge < -0.3 is 4.55 Å². The van der Waals surface area contributed by atoms with E-state index in [1.54, 1.807) is 0 Å². The van der Waals surface area contributed by atoms with Crippen molar-refractivity contribution in [2.75, 3.05) is 18.8 Å². The van der Waals surface area contributed by atoms with Crippen LogP contribution in [0.2, 0.25) is 0 Å². The molecular formula is C4H9N2NaO3S. The first kappa shape index (κ1) is 11.8. The van der Waals surface area contributed by atoms with Gasteiger partial charge in [0.05, 0.1) is 22.0 Å². The maximum absolute atomic E-state index is 10.2. The average Bonchev–Trinajstić information content (AvgIpc) is 2.12. The fraction of sp³-hybridized carbons (Fsp3) is 1.00. The van der Waals surface area contributed by atoms with E-state index in [0.29, 0.717) is 0 Å². The van der Waals surface area contributed by atoms with Crippen molar-refractivity contribution in [2.24, 2.45) is 0 Å². The zero-order valence-electron chi connectivity index (χ0n) is 6.33. The third-order valence-corrected chi connectivity index (χ3v) is 2.02. The Labute approximate surface area is 88.0 Å². The summed E-state index contributed by atoms with van der Waals surface area (Å²) in [7, 11) is -4.08. The normalized spacial score (nSPS) is 19.7. The summed E-state index contributed by atoms with van der Waals surface area (Å²) in [6.45, 7) is 1.44. The molecule has 0 atom stereocenters. The maximum atomic E-state index is 10.2. The first-order valence-electron chi connectivity index (χ1n) is 2.98. The van der Waals surface area contributed by atoms with E-state index in [2.05, 4.69) is 10.6 Å². The van der Waals surface area contributed by atoms with E-state index in [1.807, 2.05) is 0 Å². The fourth-order valence-corrected chi connectivity index (χ4v) is 1.53. The van der Waals surface area contributed by atoms with E-state index in [9.17, 15) is 13.0 Å². The molecule has 1 fully saturated rings. The van der Waals surface area contributed by atoms with Gasteiger partial charge in [-0.25, -0.2) is 8.42 Å². The van der Waals surface area contributed by atoms with Crippen LogP contribution >= 0.6 is 0 Å². The first-order valence-corrected chi connectivity index (χ1v) is 4.56. The second-order valence-corrected chi connectivity index (χ2v) is 3.63. The summed E-state index contributed by atoms with van der Waals surface area (Å²) in [6.07, 6.45) is -0.345. The van der Waals surface area contributed by atoms with Crippen molar-refractivity contribution in [1.29, 1.82) is 0 Å². The topological polar surface area (TPSA) is 81.3 Å². The van der Waals surface area contributed by atoms with Crippen molar-refractivity contribution in [3.05, 3.63) is 0 Å². The van der Waals surface area contributed by atoms with Crippen molar-refractivity contribution in [3.63, 3.8) is 0 Å². The van der Waals surface area contributed by atoms with Crippen molar-refractivity contribution < 1.29 is 42.5 Å². The molecule has 2 N–H and O–H groups in total. The number of nitrogens with one attached hydrogen (secondary N) is 2. The molecule has 1 saturated heterocycles. The van der Waals surface area contributed by atoms with Gasteiger partial charge in [-0.2, -0.15) is 0 Å². The van der Waals surface area contributed by atoms with Crippen LogP contribution < -0.4 is 40.2 Å². The van der Waals surface area contributed by atoms with Crippen molar-refractivity contribution in [3.8, 4) is 0 Å². The summed E-state index contributed by atoms with van der Waals surface area (Å²) in [4.78, 5) is 0. The second-order valence-electron chi connectivity index (χ2n) is 2.19. The van der Waals surface area contributed by atoms with Crippen LogP contribution in [0, 0.1) is 0 Å². The molecule has 0 aliphatic carbocycles. The molecule has 0 aromatic carbocycles. The van der Waals surface area contributed by atoms with E-state index in [-0.39, 0.29) is 41.5 Å². The van der Waals surface area contributed by atoms with Gasteiger partial charge in [0.15, 0.2) is 0 Å². The number of hydrogen-bond acceptors (Lipinski definition) is 5. The van der Waals surface area contributed by atoms with Crippen LogP contribution in [0.5, 0.6) is 0 Å². The fourth-order valence-electron chi connectivity index (χ4n) is 0.887. The van der Waals surface area contributed by atoms with Gasteiger partial charge in [0.1, 0.15) is 0 Å². The van der Waals surface area contributed by atoms with E-state index in [1.165, 1.54) is 0 Å². The summed E-state index contributed by atoms with van der Waals surface area (Å²) < 4.78 is 30.5. The van der Waals surface area contributed by atoms with Gasteiger partial charge in [0.2, 0.25) is 0 Å². The minimum atomic E-state index is -4.08. The van der Waals surface area contributed by atoms with E-state index < -0.39 is 10.1 Å². The summed E-state index contributed by atoms with van der Waals surface area (Å²) in [5.41, 5.74) is 0. The van der Waals surface area contributed by atoms with Gasteiger partial charge in [-0.3, -0.25) is 10.6 Å². The Morgan fingerprint density at radius 2 is 1.82 bits per heavy atom. The van der Waals surface area contributed by atoms with E-state index >= 15 is 0 Å². The van der Waals surface area contributed by atoms with Crippen molar-refractivity contribution >= 4 is 10.1 Å². The molecular weight excluding hydrogens is 179 g/mol. The Morgan fingerprint density at radius 3 is 2.18 bits per heavy atom. The van der Waals surface area contributed by atoms with Crippen LogP contribution in [0.3, 0.4) is 0 Å². The molecule has 0 bridgehead atoms. The molecule has 11 heavy (non-hydrogen) atoms. The molecule has 0 amide bonds. The molecule has 1 aliphatic heterocycles. The van der Waals surface area contributed by atoms with Crippen molar-refractivity contribution in [1.82, 2.24) is 10.6 Å². The number of hydrogen-bond donors (Lipinski definition) is 2. The van der Waals surface area contributed by atoms with E-state index in [0.717, 1.165) is 13.1 Å². The third kappa shape index (κ3) is 5.13. The maximum Gasteiger partial charge on any atom is 1.00 e. The molecule has 5 nitrogen and oxygen atoms in total. The first-order chi connectivity index (χ1) is 4.58. The summed E-state index contributed by atoms with van der Waals surface area (Å²) >= 11 is 0. The van der Waals surface area contributed by atoms with Gasteiger partial charge in [-0.05, 0) is 0 Å². The van der Waals surface area contributed by atoms with Crippen LogP contribution in [0.1, 0.15) is 0 Å². The minimum absolute atomic E-state index is 0. The Hall–Kier alpha value is 0.830. The van der Waals surface area contributed by atoms with Gasteiger partial charge in [-0.15, -0.1) is 0 Å². The Morgan fingerprint density at radius 1 is 1.36 bits per heavy atom. The zero-order valence-corrected chi connectivity index (χ0v) is 9.15. The molecule has 0 saturated carbocycles. The average molecular weight is 188 g/mol. The third-order valence-electron chi connectivity index (χ3n) is 1.28. The zero-order chi connectivity index (χ0) is 7.61. The molecule has 1 rings (SSSR count). The molecule has 0 unspecified atom stereocenters. The number of rotatable bonds is 2. The van der Waals surface area contributed by atoms with Crippen LogP contribution in [0.4, 0.5) is 0 Å². The summed E-state index contributed by atoms with van der Waals surface area (Å²) in [5, 5.41) is 5.65. The SMILES string of the molecule is O=S(=O)([O-])CC1NCCN1.[Na+]. The molecule has 0 radical (unpaired) electrons. The van der Waals surface area contributed by atoms with Crippen LogP contribution in [0.15, 0.2) is 0 Å². The van der Waals surface area contributed by atoms with Crippen molar-refractivity contribution in [2.45, 2.75) is 6.17 Å². The minimum Gasteiger partial charge on any atom is -0.748 e. The van der Waals surface area contributed by atoms with E-state index in [4.69, 9.17) is 0 Å². The van der Waals surface area contributed by atoms with Gasteiger partial charge in [0, 0.05) is 13.1 Å². The molecule has 7 heteroatoms. The van der Waals surface area contributed by atoms with Crippen LogP contribution in [-0.4, -0.2) is 38.0 Å². The molecule has 1 heterocycles. The largest absolute Gasteiger partial charge is 1.00 e. The Kier molecular flexibility index (Phi) is 5.12. The Balaban J connectivity index is 0.000001000.